The Balaban J connectivity index is 3.21. The monoisotopic (exact) mass is 507 g/mol. The van der Waals surface area contributed by atoms with Crippen LogP contribution in [0.5, 0.6) is 11.5 Å². The lowest BCUT2D eigenvalue weighted by Crippen LogP contribution is -2.53. The molecule has 0 amide bonds. The highest BCUT2D eigenvalue weighted by Gasteiger charge is 2.38. The van der Waals surface area contributed by atoms with Crippen molar-refractivity contribution in [3.8, 4) is 11.5 Å². The average molecular weight is 508 g/mol. The molecule has 2 unspecified atom stereocenters. The van der Waals surface area contributed by atoms with E-state index in [2.05, 4.69) is 0 Å². The molecule has 0 fully saturated rings. The second kappa shape index (κ2) is 14.0. The maximum absolute atomic E-state index is 12.7. The first-order valence-corrected chi connectivity index (χ1v) is 12.3. The molecule has 2 N–H and O–H groups in total. The molecule has 0 heterocycles. The predicted octanol–water partition coefficient (Wildman–Crippen LogP) is 3.98. The summed E-state index contributed by atoms with van der Waals surface area (Å²) in [6.07, 6.45) is 0.487. The summed E-state index contributed by atoms with van der Waals surface area (Å²) in [5, 5.41) is 0. The molecule has 0 aliphatic carbocycles. The van der Waals surface area contributed by atoms with Gasteiger partial charge in [0.05, 0.1) is 18.9 Å². The molecule has 202 valence electrons. The molecule has 0 saturated heterocycles. The molecule has 0 aromatic heterocycles. The van der Waals surface area contributed by atoms with Crippen molar-refractivity contribution in [1.29, 1.82) is 0 Å². The summed E-state index contributed by atoms with van der Waals surface area (Å²) in [6, 6.07) is 4.62. The van der Waals surface area contributed by atoms with E-state index in [0.29, 0.717) is 5.56 Å². The first-order valence-electron chi connectivity index (χ1n) is 12.3. The Morgan fingerprint density at radius 2 is 1.47 bits per heavy atom. The van der Waals surface area contributed by atoms with Crippen LogP contribution in [0.25, 0.3) is 0 Å². The van der Waals surface area contributed by atoms with E-state index in [9.17, 15) is 19.2 Å². The molecule has 9 nitrogen and oxygen atoms in total. The summed E-state index contributed by atoms with van der Waals surface area (Å²) < 4.78 is 21.3. The fourth-order valence-corrected chi connectivity index (χ4v) is 3.33. The van der Waals surface area contributed by atoms with Crippen LogP contribution in [0.2, 0.25) is 0 Å². The number of esters is 4. The van der Waals surface area contributed by atoms with Gasteiger partial charge in [-0.1, -0.05) is 54.0 Å². The van der Waals surface area contributed by atoms with Gasteiger partial charge in [-0.05, 0) is 30.5 Å². The SMILES string of the molecule is CCC(C)CC(=O)OC(C)C[C@@](N)(Cc1ccc(OC(=O)C(C)C)c(OC(=O)C(C)C)c1)C(=O)OC. The van der Waals surface area contributed by atoms with Crippen molar-refractivity contribution in [1.82, 2.24) is 0 Å². The van der Waals surface area contributed by atoms with Gasteiger partial charge in [-0.2, -0.15) is 0 Å². The van der Waals surface area contributed by atoms with E-state index in [1.165, 1.54) is 19.2 Å². The van der Waals surface area contributed by atoms with Crippen molar-refractivity contribution in [2.45, 2.75) is 85.8 Å². The molecule has 0 bridgehead atoms. The van der Waals surface area contributed by atoms with Crippen molar-refractivity contribution in [3.05, 3.63) is 23.8 Å². The molecular formula is C27H41NO8. The first kappa shape index (κ1) is 31.1. The number of ether oxygens (including phenoxy) is 4. The van der Waals surface area contributed by atoms with Crippen LogP contribution in [-0.2, 0) is 35.1 Å². The maximum atomic E-state index is 12.7. The van der Waals surface area contributed by atoms with Crippen LogP contribution >= 0.6 is 0 Å². The molecule has 0 aliphatic heterocycles. The number of carbonyl (C=O) groups is 4. The van der Waals surface area contributed by atoms with Gasteiger partial charge < -0.3 is 24.7 Å². The van der Waals surface area contributed by atoms with E-state index in [1.807, 2.05) is 13.8 Å². The smallest absolute Gasteiger partial charge is 0.326 e. The van der Waals surface area contributed by atoms with Crippen molar-refractivity contribution >= 4 is 23.9 Å². The van der Waals surface area contributed by atoms with Gasteiger partial charge in [-0.25, -0.2) is 0 Å². The van der Waals surface area contributed by atoms with Crippen LogP contribution in [0.15, 0.2) is 18.2 Å². The minimum absolute atomic E-state index is 0.00242. The van der Waals surface area contributed by atoms with Crippen LogP contribution in [0.1, 0.15) is 73.3 Å². The number of methoxy groups -OCH3 is 1. The van der Waals surface area contributed by atoms with Crippen LogP contribution in [-0.4, -0.2) is 42.6 Å². The third-order valence-electron chi connectivity index (χ3n) is 5.68. The van der Waals surface area contributed by atoms with Crippen LogP contribution in [0.4, 0.5) is 0 Å². The third-order valence-corrected chi connectivity index (χ3v) is 5.68. The van der Waals surface area contributed by atoms with Crippen LogP contribution in [0, 0.1) is 17.8 Å². The lowest BCUT2D eigenvalue weighted by molar-refractivity contribution is -0.155. The van der Waals surface area contributed by atoms with Gasteiger partial charge in [0.25, 0.3) is 0 Å². The second-order valence-corrected chi connectivity index (χ2v) is 9.98. The van der Waals surface area contributed by atoms with Crippen molar-refractivity contribution < 1.29 is 38.1 Å². The Morgan fingerprint density at radius 1 is 0.917 bits per heavy atom. The van der Waals surface area contributed by atoms with Gasteiger partial charge in [0.1, 0.15) is 11.6 Å². The van der Waals surface area contributed by atoms with Crippen LogP contribution < -0.4 is 15.2 Å². The highest BCUT2D eigenvalue weighted by molar-refractivity contribution is 5.81. The molecular weight excluding hydrogens is 466 g/mol. The fourth-order valence-electron chi connectivity index (χ4n) is 3.33. The van der Waals surface area contributed by atoms with E-state index in [1.54, 1.807) is 40.7 Å². The van der Waals surface area contributed by atoms with Gasteiger partial charge in [0.15, 0.2) is 11.5 Å². The number of hydrogen-bond donors (Lipinski definition) is 1. The average Bonchev–Trinajstić information content (AvgIpc) is 2.79. The van der Waals surface area contributed by atoms with Gasteiger partial charge in [0, 0.05) is 19.3 Å². The molecule has 1 aromatic carbocycles. The third kappa shape index (κ3) is 9.60. The van der Waals surface area contributed by atoms with E-state index in [0.717, 1.165) is 6.42 Å². The van der Waals surface area contributed by atoms with Gasteiger partial charge >= 0.3 is 23.9 Å². The Kier molecular flexibility index (Phi) is 12.1. The Labute approximate surface area is 214 Å². The molecule has 9 heteroatoms. The topological polar surface area (TPSA) is 131 Å². The minimum atomic E-state index is -1.53. The molecule has 1 aromatic rings. The molecule has 0 spiro atoms. The number of rotatable bonds is 13. The van der Waals surface area contributed by atoms with Crippen molar-refractivity contribution in [3.63, 3.8) is 0 Å². The normalized spacial score (nSPS) is 14.5. The summed E-state index contributed by atoms with van der Waals surface area (Å²) in [7, 11) is 1.23. The number of carbonyl (C=O) groups excluding carboxylic acids is 4. The molecule has 1 rings (SSSR count). The van der Waals surface area contributed by atoms with Gasteiger partial charge in [-0.3, -0.25) is 19.2 Å². The molecule has 36 heavy (non-hydrogen) atoms. The number of benzene rings is 1. The summed E-state index contributed by atoms with van der Waals surface area (Å²) in [5.41, 5.74) is 5.50. The molecule has 0 aliphatic rings. The highest BCUT2D eigenvalue weighted by Crippen LogP contribution is 2.32. The Hall–Kier alpha value is -2.94. The second-order valence-electron chi connectivity index (χ2n) is 9.98. The van der Waals surface area contributed by atoms with E-state index in [4.69, 9.17) is 24.7 Å². The maximum Gasteiger partial charge on any atom is 0.326 e. The van der Waals surface area contributed by atoms with Gasteiger partial charge in [0.2, 0.25) is 0 Å². The highest BCUT2D eigenvalue weighted by atomic mass is 16.6. The lowest BCUT2D eigenvalue weighted by atomic mass is 9.86. The van der Waals surface area contributed by atoms with E-state index in [-0.39, 0.29) is 48.6 Å². The zero-order chi connectivity index (χ0) is 27.6. The first-order chi connectivity index (χ1) is 16.7. The van der Waals surface area contributed by atoms with Crippen molar-refractivity contribution in [2.75, 3.05) is 7.11 Å². The Bertz CT molecular complexity index is 926. The lowest BCUT2D eigenvalue weighted by Gasteiger charge is -2.29. The number of nitrogens with two attached hydrogens (primary N) is 1. The number of hydrogen-bond acceptors (Lipinski definition) is 9. The van der Waals surface area contributed by atoms with Crippen LogP contribution in [0.3, 0.4) is 0 Å². The van der Waals surface area contributed by atoms with E-state index >= 15 is 0 Å². The standard InChI is InChI=1S/C27H41NO8/c1-9-18(6)12-23(29)34-19(7)14-27(28,26(32)33-8)15-20-10-11-21(35-24(30)16(2)3)22(13-20)36-25(31)17(4)5/h10-11,13,16-19H,9,12,14-15,28H2,1-8H3/t18?,19?,27-/m1/s1. The molecule has 0 radical (unpaired) electrons. The summed E-state index contributed by atoms with van der Waals surface area (Å²) in [4.78, 5) is 49.3. The predicted molar refractivity (Wildman–Crippen MR) is 134 cm³/mol. The molecule has 3 atom stereocenters. The zero-order valence-electron chi connectivity index (χ0n) is 22.7. The minimum Gasteiger partial charge on any atom is -0.468 e. The Morgan fingerprint density at radius 3 is 1.97 bits per heavy atom. The van der Waals surface area contributed by atoms with Gasteiger partial charge in [-0.15, -0.1) is 0 Å². The zero-order valence-corrected chi connectivity index (χ0v) is 22.7. The van der Waals surface area contributed by atoms with E-state index < -0.39 is 35.5 Å². The largest absolute Gasteiger partial charge is 0.468 e. The quantitative estimate of drug-likeness (QED) is 0.311. The molecule has 0 saturated carbocycles. The fraction of sp³-hybridized carbons (Fsp3) is 0.630. The summed E-state index contributed by atoms with van der Waals surface area (Å²) in [5.74, 6) is -2.53. The summed E-state index contributed by atoms with van der Waals surface area (Å²) in [6.45, 7) is 12.4. The van der Waals surface area contributed by atoms with Crippen molar-refractivity contribution in [2.24, 2.45) is 23.5 Å². The summed E-state index contributed by atoms with van der Waals surface area (Å²) >= 11 is 0.